The van der Waals surface area contributed by atoms with Crippen molar-refractivity contribution in [1.82, 2.24) is 4.72 Å². The van der Waals surface area contributed by atoms with E-state index in [0.29, 0.717) is 23.0 Å². The van der Waals surface area contributed by atoms with Crippen molar-refractivity contribution in [2.24, 2.45) is 5.92 Å². The maximum atomic E-state index is 12.2. The second-order valence-electron chi connectivity index (χ2n) is 4.84. The van der Waals surface area contributed by atoms with Crippen LogP contribution < -0.4 is 10.0 Å². The standard InChI is InChI=1S/C14H24N2O2S2/c1-4-9-16-20(17,18)14-8-6-5-7-13(14)15-10-12(2)11-19-3/h5-8,12,15-16H,4,9-11H2,1-3H3. The minimum Gasteiger partial charge on any atom is -0.384 e. The number of hydrogen-bond donors (Lipinski definition) is 2. The number of benzene rings is 1. The van der Waals surface area contributed by atoms with Crippen LogP contribution in [-0.4, -0.2) is 33.5 Å². The second kappa shape index (κ2) is 8.54. The molecule has 4 nitrogen and oxygen atoms in total. The number of nitrogens with one attached hydrogen (secondary N) is 2. The van der Waals surface area contributed by atoms with E-state index in [4.69, 9.17) is 0 Å². The van der Waals surface area contributed by atoms with Crippen LogP contribution in [0.2, 0.25) is 0 Å². The first kappa shape index (κ1) is 17.3. The molecule has 0 radical (unpaired) electrons. The van der Waals surface area contributed by atoms with Gasteiger partial charge in [0.2, 0.25) is 10.0 Å². The van der Waals surface area contributed by atoms with Crippen LogP contribution in [-0.2, 0) is 10.0 Å². The maximum absolute atomic E-state index is 12.2. The molecule has 20 heavy (non-hydrogen) atoms. The number of anilines is 1. The predicted molar refractivity (Wildman–Crippen MR) is 88.0 cm³/mol. The van der Waals surface area contributed by atoms with E-state index in [0.717, 1.165) is 18.7 Å². The van der Waals surface area contributed by atoms with Crippen LogP contribution in [0.3, 0.4) is 0 Å². The van der Waals surface area contributed by atoms with Crippen molar-refractivity contribution in [3.63, 3.8) is 0 Å². The van der Waals surface area contributed by atoms with Gasteiger partial charge in [-0.25, -0.2) is 13.1 Å². The third kappa shape index (κ3) is 5.34. The molecule has 2 N–H and O–H groups in total. The minimum atomic E-state index is -3.43. The predicted octanol–water partition coefficient (Wildman–Crippen LogP) is 2.79. The molecule has 1 aromatic carbocycles. The molecule has 0 amide bonds. The molecule has 1 unspecified atom stereocenters. The lowest BCUT2D eigenvalue weighted by atomic mass is 10.2. The van der Waals surface area contributed by atoms with Crippen LogP contribution in [0.25, 0.3) is 0 Å². The smallest absolute Gasteiger partial charge is 0.242 e. The van der Waals surface area contributed by atoms with Gasteiger partial charge in [0.1, 0.15) is 4.90 Å². The van der Waals surface area contributed by atoms with Gasteiger partial charge in [0.25, 0.3) is 0 Å². The van der Waals surface area contributed by atoms with Crippen molar-refractivity contribution >= 4 is 27.5 Å². The van der Waals surface area contributed by atoms with Gasteiger partial charge < -0.3 is 5.32 Å². The highest BCUT2D eigenvalue weighted by atomic mass is 32.2. The first-order valence-electron chi connectivity index (χ1n) is 6.82. The van der Waals surface area contributed by atoms with Crippen LogP contribution >= 0.6 is 11.8 Å². The van der Waals surface area contributed by atoms with E-state index in [1.54, 1.807) is 23.9 Å². The van der Waals surface area contributed by atoms with Crippen LogP contribution in [0.15, 0.2) is 29.2 Å². The molecule has 114 valence electrons. The molecule has 0 saturated heterocycles. The molecular formula is C14H24N2O2S2. The van der Waals surface area contributed by atoms with Crippen molar-refractivity contribution in [3.8, 4) is 0 Å². The fourth-order valence-corrected chi connectivity index (χ4v) is 3.79. The normalized spacial score (nSPS) is 13.2. The molecule has 0 spiro atoms. The van der Waals surface area contributed by atoms with E-state index in [1.165, 1.54) is 0 Å². The molecule has 6 heteroatoms. The summed E-state index contributed by atoms with van der Waals surface area (Å²) >= 11 is 1.80. The van der Waals surface area contributed by atoms with Crippen molar-refractivity contribution < 1.29 is 8.42 Å². The highest BCUT2D eigenvalue weighted by Gasteiger charge is 2.17. The van der Waals surface area contributed by atoms with Crippen molar-refractivity contribution in [2.75, 3.05) is 30.4 Å². The molecule has 1 aromatic rings. The molecule has 0 heterocycles. The first-order valence-corrected chi connectivity index (χ1v) is 9.70. The van der Waals surface area contributed by atoms with E-state index in [9.17, 15) is 8.42 Å². The number of thioether (sulfide) groups is 1. The Kier molecular flexibility index (Phi) is 7.40. The Labute approximate surface area is 126 Å². The van der Waals surface area contributed by atoms with Crippen LogP contribution in [0.5, 0.6) is 0 Å². The average Bonchev–Trinajstić information content (AvgIpc) is 2.43. The van der Waals surface area contributed by atoms with E-state index in [2.05, 4.69) is 23.2 Å². The number of sulfonamides is 1. The van der Waals surface area contributed by atoms with E-state index < -0.39 is 10.0 Å². The Bertz CT molecular complexity index is 504. The number of rotatable bonds is 9. The van der Waals surface area contributed by atoms with Gasteiger partial charge in [-0.2, -0.15) is 11.8 Å². The van der Waals surface area contributed by atoms with E-state index in [-0.39, 0.29) is 0 Å². The van der Waals surface area contributed by atoms with E-state index >= 15 is 0 Å². The fraction of sp³-hybridized carbons (Fsp3) is 0.571. The zero-order valence-electron chi connectivity index (χ0n) is 12.3. The fourth-order valence-electron chi connectivity index (χ4n) is 1.79. The minimum absolute atomic E-state index is 0.324. The Hall–Kier alpha value is -0.720. The van der Waals surface area contributed by atoms with Gasteiger partial charge in [-0.05, 0) is 36.5 Å². The Morgan fingerprint density at radius 3 is 2.65 bits per heavy atom. The van der Waals surface area contributed by atoms with Crippen LogP contribution in [0.1, 0.15) is 20.3 Å². The van der Waals surface area contributed by atoms with Crippen molar-refractivity contribution in [2.45, 2.75) is 25.2 Å². The van der Waals surface area contributed by atoms with Crippen molar-refractivity contribution in [3.05, 3.63) is 24.3 Å². The molecule has 1 atom stereocenters. The third-order valence-corrected chi connectivity index (χ3v) is 5.23. The summed E-state index contributed by atoms with van der Waals surface area (Å²) in [6, 6.07) is 7.04. The van der Waals surface area contributed by atoms with Crippen molar-refractivity contribution in [1.29, 1.82) is 0 Å². The van der Waals surface area contributed by atoms with Gasteiger partial charge in [-0.1, -0.05) is 26.0 Å². The molecular weight excluding hydrogens is 292 g/mol. The molecule has 0 aliphatic heterocycles. The molecule has 0 fully saturated rings. The zero-order valence-corrected chi connectivity index (χ0v) is 14.0. The Balaban J connectivity index is 2.83. The molecule has 1 rings (SSSR count). The average molecular weight is 316 g/mol. The summed E-state index contributed by atoms with van der Waals surface area (Å²) in [4.78, 5) is 0.324. The monoisotopic (exact) mass is 316 g/mol. The topological polar surface area (TPSA) is 58.2 Å². The van der Waals surface area contributed by atoms with Gasteiger partial charge in [0.05, 0.1) is 5.69 Å². The molecule has 0 aliphatic carbocycles. The summed E-state index contributed by atoms with van der Waals surface area (Å²) < 4.78 is 27.1. The van der Waals surface area contributed by atoms with Gasteiger partial charge in [-0.3, -0.25) is 0 Å². The zero-order chi connectivity index (χ0) is 15.0. The molecule has 0 aliphatic rings. The summed E-state index contributed by atoms with van der Waals surface area (Å²) in [5.74, 6) is 1.54. The molecule has 0 aromatic heterocycles. The van der Waals surface area contributed by atoms with Gasteiger partial charge >= 0.3 is 0 Å². The summed E-state index contributed by atoms with van der Waals surface area (Å²) in [6.07, 6.45) is 2.85. The van der Waals surface area contributed by atoms with Gasteiger partial charge in [0.15, 0.2) is 0 Å². The summed E-state index contributed by atoms with van der Waals surface area (Å²) in [5.41, 5.74) is 0.670. The summed E-state index contributed by atoms with van der Waals surface area (Å²) in [5, 5.41) is 3.25. The lowest BCUT2D eigenvalue weighted by Crippen LogP contribution is -2.25. The van der Waals surface area contributed by atoms with E-state index in [1.807, 2.05) is 19.1 Å². The largest absolute Gasteiger partial charge is 0.384 e. The molecule has 0 saturated carbocycles. The highest BCUT2D eigenvalue weighted by Crippen LogP contribution is 2.21. The SMILES string of the molecule is CCCNS(=O)(=O)c1ccccc1NCC(C)CSC. The van der Waals surface area contributed by atoms with Gasteiger partial charge in [0, 0.05) is 13.1 Å². The summed E-state index contributed by atoms with van der Waals surface area (Å²) in [6.45, 7) is 5.31. The quantitative estimate of drug-likeness (QED) is 0.735. The highest BCUT2D eigenvalue weighted by molar-refractivity contribution is 7.98. The third-order valence-electron chi connectivity index (χ3n) is 2.81. The number of hydrogen-bond acceptors (Lipinski definition) is 4. The second-order valence-corrected chi connectivity index (χ2v) is 7.48. The first-order chi connectivity index (χ1) is 9.51. The van der Waals surface area contributed by atoms with Gasteiger partial charge in [-0.15, -0.1) is 0 Å². The summed E-state index contributed by atoms with van der Waals surface area (Å²) in [7, 11) is -3.43. The Morgan fingerprint density at radius 2 is 2.00 bits per heavy atom. The lowest BCUT2D eigenvalue weighted by Gasteiger charge is -2.16. The maximum Gasteiger partial charge on any atom is 0.242 e. The Morgan fingerprint density at radius 1 is 1.30 bits per heavy atom. The number of para-hydroxylation sites is 1. The van der Waals surface area contributed by atoms with Crippen LogP contribution in [0.4, 0.5) is 5.69 Å². The molecule has 0 bridgehead atoms. The van der Waals surface area contributed by atoms with Crippen LogP contribution in [0, 0.1) is 5.92 Å². The lowest BCUT2D eigenvalue weighted by molar-refractivity contribution is 0.581.